The lowest BCUT2D eigenvalue weighted by molar-refractivity contribution is 0.107. The highest BCUT2D eigenvalue weighted by Gasteiger charge is 2.11. The second-order valence-electron chi connectivity index (χ2n) is 1.96. The summed E-state index contributed by atoms with van der Waals surface area (Å²) in [5.41, 5.74) is 0.0340. The van der Waals surface area contributed by atoms with Gasteiger partial charge in [-0.15, -0.1) is 0 Å². The molecule has 64 valence electrons. The van der Waals surface area contributed by atoms with Gasteiger partial charge in [-0.2, -0.15) is 0 Å². The van der Waals surface area contributed by atoms with Gasteiger partial charge >= 0.3 is 0 Å². The van der Waals surface area contributed by atoms with Crippen LogP contribution >= 0.6 is 23.2 Å². The number of pyridine rings is 1. The summed E-state index contributed by atoms with van der Waals surface area (Å²) in [6.45, 7) is 0. The van der Waals surface area contributed by atoms with Crippen molar-refractivity contribution >= 4 is 28.4 Å². The minimum atomic E-state index is -0.686. The zero-order valence-electron chi connectivity index (χ0n) is 6.17. The van der Waals surface area contributed by atoms with E-state index in [4.69, 9.17) is 27.9 Å². The van der Waals surface area contributed by atoms with Crippen molar-refractivity contribution in [3.05, 3.63) is 23.0 Å². The lowest BCUT2D eigenvalue weighted by Gasteiger charge is -2.02. The Morgan fingerprint density at radius 1 is 1.58 bits per heavy atom. The molecule has 5 heteroatoms. The molecule has 0 spiro atoms. The number of carbonyl (C=O) groups excluding carboxylic acids is 1. The Balaban J connectivity index is 3.21. The molecule has 0 aromatic carbocycles. The highest BCUT2D eigenvalue weighted by molar-refractivity contribution is 6.67. The van der Waals surface area contributed by atoms with Gasteiger partial charge in [-0.05, 0) is 23.7 Å². The monoisotopic (exact) mass is 205 g/mol. The fourth-order valence-corrected chi connectivity index (χ4v) is 1.01. The Bertz CT molecular complexity index is 314. The molecule has 0 saturated carbocycles. The number of rotatable bonds is 2. The molecule has 0 unspecified atom stereocenters. The van der Waals surface area contributed by atoms with Gasteiger partial charge in [-0.3, -0.25) is 4.79 Å². The predicted molar refractivity (Wildman–Crippen MR) is 46.0 cm³/mol. The minimum Gasteiger partial charge on any atom is -0.494 e. The van der Waals surface area contributed by atoms with E-state index in [-0.39, 0.29) is 10.8 Å². The minimum absolute atomic E-state index is 0.0340. The highest BCUT2D eigenvalue weighted by atomic mass is 35.5. The topological polar surface area (TPSA) is 39.2 Å². The smallest absolute Gasteiger partial charge is 0.274 e. The van der Waals surface area contributed by atoms with Crippen LogP contribution in [0.4, 0.5) is 0 Å². The number of methoxy groups -OCH3 is 1. The summed E-state index contributed by atoms with van der Waals surface area (Å²) >= 11 is 10.8. The van der Waals surface area contributed by atoms with Crippen molar-refractivity contribution in [1.82, 2.24) is 4.98 Å². The summed E-state index contributed by atoms with van der Waals surface area (Å²) in [4.78, 5) is 14.4. The largest absolute Gasteiger partial charge is 0.494 e. The molecular formula is C7H5Cl2NO2. The van der Waals surface area contributed by atoms with Crippen molar-refractivity contribution in [3.8, 4) is 5.75 Å². The van der Waals surface area contributed by atoms with Crippen LogP contribution in [-0.4, -0.2) is 17.3 Å². The molecule has 1 heterocycles. The van der Waals surface area contributed by atoms with Crippen LogP contribution in [0.3, 0.4) is 0 Å². The van der Waals surface area contributed by atoms with Gasteiger partial charge in [-0.25, -0.2) is 4.98 Å². The van der Waals surface area contributed by atoms with Crippen LogP contribution in [0.1, 0.15) is 10.5 Å². The maximum absolute atomic E-state index is 10.7. The highest BCUT2D eigenvalue weighted by Crippen LogP contribution is 2.20. The third-order valence-electron chi connectivity index (χ3n) is 1.23. The molecule has 12 heavy (non-hydrogen) atoms. The molecule has 0 atom stereocenters. The molecule has 0 saturated heterocycles. The van der Waals surface area contributed by atoms with E-state index in [0.717, 1.165) is 0 Å². The zero-order valence-corrected chi connectivity index (χ0v) is 7.69. The van der Waals surface area contributed by atoms with Crippen LogP contribution in [0.25, 0.3) is 0 Å². The summed E-state index contributed by atoms with van der Waals surface area (Å²) in [5.74, 6) is 0.319. The van der Waals surface area contributed by atoms with Crippen LogP contribution in [0.2, 0.25) is 5.15 Å². The molecular weight excluding hydrogens is 201 g/mol. The van der Waals surface area contributed by atoms with E-state index < -0.39 is 5.24 Å². The summed E-state index contributed by atoms with van der Waals surface area (Å²) in [6.07, 6.45) is 0. The molecule has 1 rings (SSSR count). The molecule has 0 bridgehead atoms. The summed E-state index contributed by atoms with van der Waals surface area (Å²) in [6, 6.07) is 3.05. The first-order valence-corrected chi connectivity index (χ1v) is 3.81. The number of ether oxygens (including phenoxy) is 1. The molecule has 0 radical (unpaired) electrons. The van der Waals surface area contributed by atoms with E-state index in [9.17, 15) is 4.79 Å². The first kappa shape index (κ1) is 9.29. The van der Waals surface area contributed by atoms with Crippen LogP contribution < -0.4 is 4.74 Å². The molecule has 0 fully saturated rings. The molecule has 0 aliphatic carbocycles. The zero-order chi connectivity index (χ0) is 9.14. The van der Waals surface area contributed by atoms with E-state index in [1.807, 2.05) is 0 Å². The van der Waals surface area contributed by atoms with Crippen molar-refractivity contribution in [2.45, 2.75) is 0 Å². The average molecular weight is 206 g/mol. The van der Waals surface area contributed by atoms with E-state index in [0.29, 0.717) is 5.75 Å². The van der Waals surface area contributed by atoms with Gasteiger partial charge in [0.25, 0.3) is 5.24 Å². The van der Waals surface area contributed by atoms with Crippen LogP contribution in [0.15, 0.2) is 12.1 Å². The van der Waals surface area contributed by atoms with Gasteiger partial charge in [0.2, 0.25) is 0 Å². The molecule has 0 N–H and O–H groups in total. The Kier molecular flexibility index (Phi) is 2.89. The number of nitrogens with zero attached hydrogens (tertiary/aromatic N) is 1. The van der Waals surface area contributed by atoms with E-state index in [1.165, 1.54) is 19.2 Å². The number of hydrogen-bond donors (Lipinski definition) is 0. The van der Waals surface area contributed by atoms with Crippen LogP contribution in [0.5, 0.6) is 5.75 Å². The van der Waals surface area contributed by atoms with Crippen molar-refractivity contribution in [2.75, 3.05) is 7.11 Å². The first-order valence-electron chi connectivity index (χ1n) is 3.05. The molecule has 1 aromatic rings. The maximum Gasteiger partial charge on any atom is 0.274 e. The van der Waals surface area contributed by atoms with Gasteiger partial charge in [0.15, 0.2) is 5.69 Å². The second kappa shape index (κ2) is 3.74. The van der Waals surface area contributed by atoms with Gasteiger partial charge in [0.1, 0.15) is 10.9 Å². The summed E-state index contributed by atoms with van der Waals surface area (Å²) in [7, 11) is 1.42. The molecule has 0 aliphatic rings. The normalized spacial score (nSPS) is 9.58. The van der Waals surface area contributed by atoms with E-state index in [2.05, 4.69) is 4.98 Å². The van der Waals surface area contributed by atoms with Crippen LogP contribution in [0, 0.1) is 0 Å². The quantitative estimate of drug-likeness (QED) is 0.549. The Labute approximate surface area is 79.3 Å². The molecule has 3 nitrogen and oxygen atoms in total. The number of hydrogen-bond acceptors (Lipinski definition) is 3. The summed E-state index contributed by atoms with van der Waals surface area (Å²) in [5, 5.41) is -0.478. The summed E-state index contributed by atoms with van der Waals surface area (Å²) < 4.78 is 4.84. The predicted octanol–water partition coefficient (Wildman–Crippen LogP) is 2.12. The van der Waals surface area contributed by atoms with Crippen molar-refractivity contribution in [2.24, 2.45) is 0 Å². The Morgan fingerprint density at radius 2 is 2.25 bits per heavy atom. The average Bonchev–Trinajstić information content (AvgIpc) is 2.04. The first-order chi connectivity index (χ1) is 5.65. The van der Waals surface area contributed by atoms with Crippen molar-refractivity contribution in [1.29, 1.82) is 0 Å². The Hall–Kier alpha value is -0.800. The second-order valence-corrected chi connectivity index (χ2v) is 2.69. The Morgan fingerprint density at radius 3 is 2.75 bits per heavy atom. The lowest BCUT2D eigenvalue weighted by Crippen LogP contribution is -1.98. The molecule has 0 amide bonds. The van der Waals surface area contributed by atoms with Gasteiger partial charge in [0, 0.05) is 0 Å². The maximum atomic E-state index is 10.7. The third kappa shape index (κ3) is 1.87. The van der Waals surface area contributed by atoms with Crippen LogP contribution in [-0.2, 0) is 0 Å². The number of halogens is 2. The standard InChI is InChI=1S/C7H5Cl2NO2/c1-12-4-2-3-5(8)10-6(4)7(9)11/h2-3H,1H3. The van der Waals surface area contributed by atoms with Crippen molar-refractivity contribution in [3.63, 3.8) is 0 Å². The van der Waals surface area contributed by atoms with Gasteiger partial charge < -0.3 is 4.74 Å². The number of aromatic nitrogens is 1. The van der Waals surface area contributed by atoms with E-state index in [1.54, 1.807) is 0 Å². The SMILES string of the molecule is COc1ccc(Cl)nc1C(=O)Cl. The fourth-order valence-electron chi connectivity index (χ4n) is 0.728. The van der Waals surface area contributed by atoms with E-state index >= 15 is 0 Å². The van der Waals surface area contributed by atoms with Gasteiger partial charge in [-0.1, -0.05) is 11.6 Å². The van der Waals surface area contributed by atoms with Crippen molar-refractivity contribution < 1.29 is 9.53 Å². The third-order valence-corrected chi connectivity index (χ3v) is 1.62. The lowest BCUT2D eigenvalue weighted by atomic mass is 10.3. The molecule has 0 aliphatic heterocycles. The van der Waals surface area contributed by atoms with Gasteiger partial charge in [0.05, 0.1) is 7.11 Å². The molecule has 1 aromatic heterocycles. The fraction of sp³-hybridized carbons (Fsp3) is 0.143. The number of carbonyl (C=O) groups is 1.